The van der Waals surface area contributed by atoms with E-state index < -0.39 is 30.1 Å². The summed E-state index contributed by atoms with van der Waals surface area (Å²) in [5.41, 5.74) is 5.57. The number of nitrogens with one attached hydrogen (secondary N) is 1. The first-order chi connectivity index (χ1) is 11.8. The van der Waals surface area contributed by atoms with Crippen LogP contribution >= 0.6 is 15.9 Å². The van der Waals surface area contributed by atoms with Gasteiger partial charge in [0.15, 0.2) is 0 Å². The SMILES string of the molecule is N#Cc1ccc(O[C@@H]2C=C(C(=O)NCC(N)=O)C[C@@H](O)[C@H]2O)c(Br)c1. The first-order valence-corrected chi connectivity index (χ1v) is 8.10. The van der Waals surface area contributed by atoms with Gasteiger partial charge in [-0.05, 0) is 40.2 Å². The maximum absolute atomic E-state index is 12.0. The van der Waals surface area contributed by atoms with Gasteiger partial charge >= 0.3 is 0 Å². The van der Waals surface area contributed by atoms with Crippen LogP contribution in [-0.4, -0.2) is 46.9 Å². The molecule has 25 heavy (non-hydrogen) atoms. The molecule has 1 aromatic carbocycles. The van der Waals surface area contributed by atoms with Gasteiger partial charge in [-0.1, -0.05) is 0 Å². The first-order valence-electron chi connectivity index (χ1n) is 7.31. The zero-order valence-corrected chi connectivity index (χ0v) is 14.6. The minimum Gasteiger partial charge on any atom is -0.482 e. The number of amides is 2. The fourth-order valence-corrected chi connectivity index (χ4v) is 2.77. The van der Waals surface area contributed by atoms with Gasteiger partial charge in [0.2, 0.25) is 11.8 Å². The summed E-state index contributed by atoms with van der Waals surface area (Å²) in [7, 11) is 0. The summed E-state index contributed by atoms with van der Waals surface area (Å²) in [5.74, 6) is -0.929. The van der Waals surface area contributed by atoms with Crippen LogP contribution in [0.4, 0.5) is 0 Å². The highest BCUT2D eigenvalue weighted by Crippen LogP contribution is 2.30. The molecule has 0 spiro atoms. The zero-order valence-electron chi connectivity index (χ0n) is 13.0. The molecule has 2 rings (SSSR count). The van der Waals surface area contributed by atoms with Crippen molar-refractivity contribution in [2.75, 3.05) is 6.54 Å². The lowest BCUT2D eigenvalue weighted by Gasteiger charge is -2.31. The molecule has 1 aliphatic rings. The third kappa shape index (κ3) is 4.79. The third-order valence-corrected chi connectivity index (χ3v) is 4.18. The van der Waals surface area contributed by atoms with Gasteiger partial charge in [0.1, 0.15) is 18.0 Å². The van der Waals surface area contributed by atoms with E-state index in [9.17, 15) is 19.8 Å². The lowest BCUT2D eigenvalue weighted by Crippen LogP contribution is -2.45. The molecule has 0 saturated heterocycles. The van der Waals surface area contributed by atoms with E-state index in [2.05, 4.69) is 21.2 Å². The second-order valence-electron chi connectivity index (χ2n) is 5.44. The van der Waals surface area contributed by atoms with Crippen LogP contribution in [0.25, 0.3) is 0 Å². The van der Waals surface area contributed by atoms with Crippen molar-refractivity contribution < 1.29 is 24.5 Å². The van der Waals surface area contributed by atoms with Gasteiger partial charge in [-0.2, -0.15) is 5.26 Å². The van der Waals surface area contributed by atoms with Crippen molar-refractivity contribution >= 4 is 27.7 Å². The van der Waals surface area contributed by atoms with Crippen molar-refractivity contribution in [1.29, 1.82) is 5.26 Å². The molecule has 0 heterocycles. The van der Waals surface area contributed by atoms with Gasteiger partial charge < -0.3 is 26.0 Å². The second-order valence-corrected chi connectivity index (χ2v) is 6.30. The molecular formula is C16H16BrN3O5. The number of nitrogens with zero attached hydrogens (tertiary/aromatic N) is 1. The molecule has 0 radical (unpaired) electrons. The van der Waals surface area contributed by atoms with E-state index >= 15 is 0 Å². The monoisotopic (exact) mass is 409 g/mol. The summed E-state index contributed by atoms with van der Waals surface area (Å²) in [5, 5.41) is 31.3. The zero-order chi connectivity index (χ0) is 18.6. The maximum atomic E-state index is 12.0. The fourth-order valence-electron chi connectivity index (χ4n) is 2.30. The molecule has 0 unspecified atom stereocenters. The maximum Gasteiger partial charge on any atom is 0.247 e. The number of nitriles is 1. The van der Waals surface area contributed by atoms with Crippen LogP contribution in [0.15, 0.2) is 34.3 Å². The van der Waals surface area contributed by atoms with Crippen molar-refractivity contribution in [3.8, 4) is 11.8 Å². The van der Waals surface area contributed by atoms with Gasteiger partial charge in [0.05, 0.1) is 28.8 Å². The van der Waals surface area contributed by atoms with Crippen molar-refractivity contribution in [3.63, 3.8) is 0 Å². The van der Waals surface area contributed by atoms with Crippen LogP contribution < -0.4 is 15.8 Å². The Morgan fingerprint density at radius 3 is 2.76 bits per heavy atom. The number of ether oxygens (including phenoxy) is 1. The normalized spacial score (nSPS) is 22.5. The van der Waals surface area contributed by atoms with Crippen LogP contribution in [-0.2, 0) is 9.59 Å². The average Bonchev–Trinajstić information content (AvgIpc) is 2.57. The third-order valence-electron chi connectivity index (χ3n) is 3.56. The minimum atomic E-state index is -1.24. The van der Waals surface area contributed by atoms with Crippen molar-refractivity contribution in [1.82, 2.24) is 5.32 Å². The Kier molecular flexibility index (Phi) is 6.14. The number of carbonyl (C=O) groups excluding carboxylic acids is 2. The summed E-state index contributed by atoms with van der Waals surface area (Å²) >= 11 is 3.26. The van der Waals surface area contributed by atoms with Gasteiger partial charge in [0.25, 0.3) is 0 Å². The van der Waals surface area contributed by atoms with Crippen LogP contribution in [0.3, 0.4) is 0 Å². The average molecular weight is 410 g/mol. The lowest BCUT2D eigenvalue weighted by molar-refractivity contribution is -0.123. The van der Waals surface area contributed by atoms with Crippen molar-refractivity contribution in [2.24, 2.45) is 5.73 Å². The number of halogens is 1. The number of hydrogen-bond donors (Lipinski definition) is 4. The largest absolute Gasteiger partial charge is 0.482 e. The summed E-state index contributed by atoms with van der Waals surface area (Å²) in [6.45, 7) is -0.332. The Balaban J connectivity index is 2.19. The molecule has 0 saturated carbocycles. The van der Waals surface area contributed by atoms with Gasteiger partial charge in [0, 0.05) is 12.0 Å². The van der Waals surface area contributed by atoms with E-state index in [1.807, 2.05) is 6.07 Å². The topological polar surface area (TPSA) is 146 Å². The highest BCUT2D eigenvalue weighted by molar-refractivity contribution is 9.10. The first kappa shape index (κ1) is 18.9. The highest BCUT2D eigenvalue weighted by atomic mass is 79.9. The number of primary amides is 1. The van der Waals surface area contributed by atoms with E-state index in [-0.39, 0.29) is 18.5 Å². The molecule has 5 N–H and O–H groups in total. The molecule has 0 fully saturated rings. The lowest BCUT2D eigenvalue weighted by atomic mass is 9.91. The number of carbonyl (C=O) groups is 2. The number of aliphatic hydroxyl groups is 2. The molecule has 0 bridgehead atoms. The standard InChI is InChI=1S/C16H16BrN3O5/c17-10-3-8(6-18)1-2-12(10)25-13-5-9(4-11(21)15(13)23)16(24)20-7-14(19)22/h1-3,5,11,13,15,21,23H,4,7H2,(H2,19,22)(H,20,24)/t11-,13-,15-/m1/s1. The Morgan fingerprint density at radius 1 is 1.44 bits per heavy atom. The van der Waals surface area contributed by atoms with Crippen LogP contribution in [0.1, 0.15) is 12.0 Å². The quantitative estimate of drug-likeness (QED) is 0.525. The van der Waals surface area contributed by atoms with E-state index in [0.717, 1.165) is 0 Å². The van der Waals surface area contributed by atoms with E-state index in [1.54, 1.807) is 6.07 Å². The summed E-state index contributed by atoms with van der Waals surface area (Å²) in [4.78, 5) is 22.8. The van der Waals surface area contributed by atoms with E-state index in [4.69, 9.17) is 15.7 Å². The highest BCUT2D eigenvalue weighted by Gasteiger charge is 2.34. The van der Waals surface area contributed by atoms with Gasteiger partial charge in [-0.15, -0.1) is 0 Å². The summed E-state index contributed by atoms with van der Waals surface area (Å²) in [6.07, 6.45) is -2.13. The smallest absolute Gasteiger partial charge is 0.247 e. The fraction of sp³-hybridized carbons (Fsp3) is 0.312. The van der Waals surface area contributed by atoms with Crippen molar-refractivity contribution in [2.45, 2.75) is 24.7 Å². The molecule has 3 atom stereocenters. The second kappa shape index (κ2) is 8.11. The molecule has 8 nitrogen and oxygen atoms in total. The van der Waals surface area contributed by atoms with Gasteiger partial charge in [-0.3, -0.25) is 9.59 Å². The number of nitrogens with two attached hydrogens (primary N) is 1. The number of aliphatic hydroxyl groups excluding tert-OH is 2. The molecule has 2 amide bonds. The molecule has 1 aromatic rings. The van der Waals surface area contributed by atoms with E-state index in [0.29, 0.717) is 15.8 Å². The Labute approximate surface area is 152 Å². The predicted octanol–water partition coefficient (Wildman–Crippen LogP) is -0.278. The summed E-state index contributed by atoms with van der Waals surface area (Å²) in [6, 6.07) is 6.61. The van der Waals surface area contributed by atoms with Crippen LogP contribution in [0.5, 0.6) is 5.75 Å². The number of rotatable bonds is 5. The molecule has 9 heteroatoms. The number of benzene rings is 1. The van der Waals surface area contributed by atoms with Crippen LogP contribution in [0.2, 0.25) is 0 Å². The van der Waals surface area contributed by atoms with Crippen molar-refractivity contribution in [3.05, 3.63) is 39.9 Å². The predicted molar refractivity (Wildman–Crippen MR) is 90.2 cm³/mol. The van der Waals surface area contributed by atoms with Crippen LogP contribution in [0, 0.1) is 11.3 Å². The minimum absolute atomic E-state index is 0.0832. The van der Waals surface area contributed by atoms with E-state index in [1.165, 1.54) is 18.2 Å². The summed E-state index contributed by atoms with van der Waals surface area (Å²) < 4.78 is 6.15. The number of hydrogen-bond acceptors (Lipinski definition) is 6. The molecule has 1 aliphatic carbocycles. The molecule has 0 aromatic heterocycles. The Morgan fingerprint density at radius 2 is 2.16 bits per heavy atom. The Bertz CT molecular complexity index is 759. The molecule has 0 aliphatic heterocycles. The molecule has 132 valence electrons. The Hall–Kier alpha value is -2.41. The molecular weight excluding hydrogens is 394 g/mol. The van der Waals surface area contributed by atoms with Gasteiger partial charge in [-0.25, -0.2) is 0 Å².